The molecule has 3 rings (SSSR count). The van der Waals surface area contributed by atoms with Crippen LogP contribution in [0.3, 0.4) is 0 Å². The van der Waals surface area contributed by atoms with E-state index in [1.165, 1.54) is 11.8 Å². The zero-order chi connectivity index (χ0) is 21.2. The minimum absolute atomic E-state index is 0.0858. The molecule has 7 heteroatoms. The molecule has 1 unspecified atom stereocenters. The molecule has 0 saturated carbocycles. The number of allylic oxidation sites excluding steroid dienone is 1. The Morgan fingerprint density at radius 1 is 1.24 bits per heavy atom. The van der Waals surface area contributed by atoms with Crippen LogP contribution in [0.15, 0.2) is 42.5 Å². The molecular weight excluding hydrogens is 372 g/mol. The van der Waals surface area contributed by atoms with Crippen molar-refractivity contribution in [3.05, 3.63) is 48.0 Å². The van der Waals surface area contributed by atoms with Crippen molar-refractivity contribution in [1.29, 1.82) is 0 Å². The van der Waals surface area contributed by atoms with Gasteiger partial charge in [-0.15, -0.1) is 0 Å². The van der Waals surface area contributed by atoms with Crippen LogP contribution >= 0.6 is 0 Å². The quantitative estimate of drug-likeness (QED) is 0.450. The lowest BCUT2D eigenvalue weighted by molar-refractivity contribution is -0.162. The largest absolute Gasteiger partial charge is 0.480 e. The first-order valence-corrected chi connectivity index (χ1v) is 10.0. The summed E-state index contributed by atoms with van der Waals surface area (Å²) in [7, 11) is 0. The Morgan fingerprint density at radius 3 is 2.52 bits per heavy atom. The average Bonchev–Trinajstić information content (AvgIpc) is 3.04. The summed E-state index contributed by atoms with van der Waals surface area (Å²) >= 11 is 0. The summed E-state index contributed by atoms with van der Waals surface area (Å²) < 4.78 is 0. The number of carbonyl (C=O) groups excluding carboxylic acids is 1. The Balaban J connectivity index is 2.03. The molecule has 0 amide bonds. The standard InChI is InChI=1S/C22H28N2O5/c1-14(23)19(25)22(21(28)29)13-16-9-5-6-10-17(16)24(22)18(20(26)27)12-11-15-7-3-2-4-8-15/h2-4,6-8,10,14,16-18H,5,9,11-13,23H2,1H3,(H,26,27)(H,28,29)/t14?,16-,17-,18+,22+/m1/s1. The predicted octanol–water partition coefficient (Wildman–Crippen LogP) is 1.85. The summed E-state index contributed by atoms with van der Waals surface area (Å²) in [5, 5.41) is 20.2. The van der Waals surface area contributed by atoms with Crippen LogP contribution in [-0.4, -0.2) is 56.5 Å². The molecule has 1 aliphatic carbocycles. The molecule has 29 heavy (non-hydrogen) atoms. The summed E-state index contributed by atoms with van der Waals surface area (Å²) in [6.45, 7) is 1.46. The molecule has 0 aromatic heterocycles. The van der Waals surface area contributed by atoms with Gasteiger partial charge in [-0.1, -0.05) is 42.5 Å². The zero-order valence-electron chi connectivity index (χ0n) is 16.5. The number of nitrogens with zero attached hydrogens (tertiary/aromatic N) is 1. The summed E-state index contributed by atoms with van der Waals surface area (Å²) in [5.41, 5.74) is 4.87. The van der Waals surface area contributed by atoms with Crippen LogP contribution in [0.4, 0.5) is 0 Å². The molecule has 156 valence electrons. The van der Waals surface area contributed by atoms with E-state index in [9.17, 15) is 24.6 Å². The second-order valence-electron chi connectivity index (χ2n) is 8.06. The first kappa shape index (κ1) is 21.2. The van der Waals surface area contributed by atoms with Crippen LogP contribution in [0.1, 0.15) is 38.2 Å². The second kappa shape index (κ2) is 8.47. The topological polar surface area (TPSA) is 121 Å². The number of Topliss-reactive ketones (excluding diaryl/α,β-unsaturated/α-hetero) is 1. The molecule has 4 N–H and O–H groups in total. The average molecular weight is 400 g/mol. The van der Waals surface area contributed by atoms with Crippen molar-refractivity contribution < 1.29 is 24.6 Å². The third-order valence-corrected chi connectivity index (χ3v) is 6.19. The minimum atomic E-state index is -1.92. The summed E-state index contributed by atoms with van der Waals surface area (Å²) in [6.07, 6.45) is 6.09. The number of benzene rings is 1. The van der Waals surface area contributed by atoms with Gasteiger partial charge in [0.25, 0.3) is 0 Å². The van der Waals surface area contributed by atoms with Gasteiger partial charge in [0.05, 0.1) is 6.04 Å². The van der Waals surface area contributed by atoms with Gasteiger partial charge in [0.15, 0.2) is 11.3 Å². The first-order valence-electron chi connectivity index (χ1n) is 10.0. The lowest BCUT2D eigenvalue weighted by Crippen LogP contribution is -2.66. The van der Waals surface area contributed by atoms with Crippen LogP contribution in [0.25, 0.3) is 0 Å². The number of rotatable bonds is 8. The lowest BCUT2D eigenvalue weighted by Gasteiger charge is -2.41. The molecule has 0 spiro atoms. The molecule has 1 saturated heterocycles. The number of fused-ring (bicyclic) bond motifs is 1. The van der Waals surface area contributed by atoms with Crippen molar-refractivity contribution in [1.82, 2.24) is 4.90 Å². The number of carbonyl (C=O) groups is 3. The normalized spacial score (nSPS) is 28.5. The van der Waals surface area contributed by atoms with Crippen molar-refractivity contribution >= 4 is 17.7 Å². The Kier molecular flexibility index (Phi) is 6.19. The Labute approximate surface area is 170 Å². The number of hydrogen-bond acceptors (Lipinski definition) is 5. The van der Waals surface area contributed by atoms with Crippen molar-refractivity contribution in [2.45, 2.75) is 62.7 Å². The summed E-state index contributed by atoms with van der Waals surface area (Å²) in [6, 6.07) is 6.94. The molecular formula is C22H28N2O5. The Morgan fingerprint density at radius 2 is 1.93 bits per heavy atom. The zero-order valence-corrected chi connectivity index (χ0v) is 16.5. The van der Waals surface area contributed by atoms with E-state index in [1.807, 2.05) is 42.5 Å². The van der Waals surface area contributed by atoms with Crippen molar-refractivity contribution in [2.75, 3.05) is 0 Å². The SMILES string of the molecule is CC(N)C(=O)[C@]1(C(=O)O)C[C@H]2CCC=C[C@H]2N1[C@@H](CCc1ccccc1)C(=O)O. The number of aryl methyl sites for hydroxylation is 1. The predicted molar refractivity (Wildman–Crippen MR) is 107 cm³/mol. The van der Waals surface area contributed by atoms with Gasteiger partial charge < -0.3 is 15.9 Å². The highest BCUT2D eigenvalue weighted by molar-refractivity contribution is 6.10. The Bertz CT molecular complexity index is 807. The molecule has 2 aliphatic rings. The third kappa shape index (κ3) is 3.84. The number of hydrogen-bond donors (Lipinski definition) is 3. The van der Waals surface area contributed by atoms with Crippen LogP contribution < -0.4 is 5.73 Å². The fraction of sp³-hybridized carbons (Fsp3) is 0.500. The number of carboxylic acid groups (broad SMARTS) is 2. The number of likely N-dealkylation sites (tertiary alicyclic amines) is 1. The van der Waals surface area contributed by atoms with E-state index in [2.05, 4.69) is 0 Å². The highest BCUT2D eigenvalue weighted by Crippen LogP contribution is 2.46. The van der Waals surface area contributed by atoms with Crippen molar-refractivity contribution in [2.24, 2.45) is 11.7 Å². The van der Waals surface area contributed by atoms with Gasteiger partial charge in [-0.2, -0.15) is 0 Å². The number of carboxylic acids is 2. The highest BCUT2D eigenvalue weighted by Gasteiger charge is 2.63. The van der Waals surface area contributed by atoms with Gasteiger partial charge in [0, 0.05) is 6.04 Å². The number of nitrogens with two attached hydrogens (primary N) is 1. The summed E-state index contributed by atoms with van der Waals surface area (Å²) in [5.74, 6) is -3.15. The monoisotopic (exact) mass is 400 g/mol. The second-order valence-corrected chi connectivity index (χ2v) is 8.06. The number of aliphatic carboxylic acids is 2. The van der Waals surface area contributed by atoms with E-state index in [4.69, 9.17) is 5.73 Å². The maximum Gasteiger partial charge on any atom is 0.332 e. The van der Waals surface area contributed by atoms with Gasteiger partial charge >= 0.3 is 11.9 Å². The lowest BCUT2D eigenvalue weighted by atomic mass is 9.82. The molecule has 1 aliphatic heterocycles. The van der Waals surface area contributed by atoms with Gasteiger partial charge in [-0.05, 0) is 50.5 Å². The van der Waals surface area contributed by atoms with Crippen LogP contribution in [0.5, 0.6) is 0 Å². The molecule has 5 atom stereocenters. The molecule has 0 bridgehead atoms. The van der Waals surface area contributed by atoms with E-state index >= 15 is 0 Å². The van der Waals surface area contributed by atoms with Gasteiger partial charge in [0.2, 0.25) is 0 Å². The van der Waals surface area contributed by atoms with Crippen molar-refractivity contribution in [3.8, 4) is 0 Å². The third-order valence-electron chi connectivity index (χ3n) is 6.19. The summed E-state index contributed by atoms with van der Waals surface area (Å²) in [4.78, 5) is 39.3. The van der Waals surface area contributed by atoms with Gasteiger partial charge in [0.1, 0.15) is 6.04 Å². The van der Waals surface area contributed by atoms with Gasteiger partial charge in [-0.25, -0.2) is 4.79 Å². The van der Waals surface area contributed by atoms with E-state index in [-0.39, 0.29) is 18.8 Å². The van der Waals surface area contributed by atoms with E-state index in [0.717, 1.165) is 18.4 Å². The maximum atomic E-state index is 13.1. The Hall–Kier alpha value is -2.51. The van der Waals surface area contributed by atoms with Crippen LogP contribution in [0, 0.1) is 5.92 Å². The first-order chi connectivity index (χ1) is 13.8. The molecule has 7 nitrogen and oxygen atoms in total. The van der Waals surface area contributed by atoms with Gasteiger partial charge in [-0.3, -0.25) is 14.5 Å². The van der Waals surface area contributed by atoms with E-state index < -0.39 is 41.4 Å². The molecule has 0 radical (unpaired) electrons. The molecule has 1 heterocycles. The van der Waals surface area contributed by atoms with Crippen LogP contribution in [-0.2, 0) is 20.8 Å². The smallest absolute Gasteiger partial charge is 0.332 e. The fourth-order valence-corrected chi connectivity index (χ4v) is 4.87. The number of ketones is 1. The molecule has 1 aromatic carbocycles. The molecule has 1 fully saturated rings. The minimum Gasteiger partial charge on any atom is -0.480 e. The highest BCUT2D eigenvalue weighted by atomic mass is 16.4. The van der Waals surface area contributed by atoms with E-state index in [0.29, 0.717) is 6.42 Å². The van der Waals surface area contributed by atoms with Crippen molar-refractivity contribution in [3.63, 3.8) is 0 Å². The van der Waals surface area contributed by atoms with E-state index in [1.54, 1.807) is 0 Å². The molecule has 1 aromatic rings. The fourth-order valence-electron chi connectivity index (χ4n) is 4.87. The van der Waals surface area contributed by atoms with Crippen LogP contribution in [0.2, 0.25) is 0 Å². The maximum absolute atomic E-state index is 13.1.